The summed E-state index contributed by atoms with van der Waals surface area (Å²) >= 11 is 0. The number of morpholine rings is 1. The van der Waals surface area contributed by atoms with Crippen molar-refractivity contribution in [3.63, 3.8) is 0 Å². The average Bonchev–Trinajstić information content (AvgIpc) is 2.95. The van der Waals surface area contributed by atoms with E-state index < -0.39 is 22.2 Å². The van der Waals surface area contributed by atoms with Gasteiger partial charge in [-0.3, -0.25) is 4.79 Å². The molecule has 2 fully saturated rings. The number of aromatic nitrogens is 2. The molecule has 2 aliphatic heterocycles. The van der Waals surface area contributed by atoms with Gasteiger partial charge in [0, 0.05) is 45.1 Å². The number of hydrogen-bond donors (Lipinski definition) is 2. The monoisotopic (exact) mass is 527 g/mol. The molecule has 2 unspecified atom stereocenters. The molecule has 0 spiro atoms. The lowest BCUT2D eigenvalue weighted by Crippen LogP contribution is -2.47. The number of carbonyl (C=O) groups excluding carboxylic acids is 1. The van der Waals surface area contributed by atoms with E-state index in [0.29, 0.717) is 19.1 Å². The molecule has 2 N–H and O–H groups in total. The van der Waals surface area contributed by atoms with Crippen LogP contribution in [0, 0.1) is 0 Å². The standard InChI is InChI=1S/C25H29N5O6S/c31-24(29-36-23-7-3-4-11-35-23)20-14-26-25(27-15-20)28-16-21-17-30(10-12-34-21)37(32,33)22-9-8-18-5-1-2-6-19(18)13-22/h1-2,5-6,8-9,13-15,21,23H,3-4,7,10-12,16-17H2,(H,29,31)(H,26,27,28). The third-order valence-corrected chi connectivity index (χ3v) is 8.14. The first-order chi connectivity index (χ1) is 18.0. The van der Waals surface area contributed by atoms with Gasteiger partial charge in [0.1, 0.15) is 0 Å². The molecule has 1 amide bonds. The second kappa shape index (κ2) is 11.5. The highest BCUT2D eigenvalue weighted by atomic mass is 32.2. The Kier molecular flexibility index (Phi) is 7.91. The van der Waals surface area contributed by atoms with Gasteiger partial charge in [0.25, 0.3) is 5.91 Å². The zero-order valence-electron chi connectivity index (χ0n) is 20.2. The molecule has 2 saturated heterocycles. The van der Waals surface area contributed by atoms with Crippen molar-refractivity contribution in [2.24, 2.45) is 0 Å². The molecule has 0 saturated carbocycles. The minimum absolute atomic E-state index is 0.198. The van der Waals surface area contributed by atoms with E-state index in [1.807, 2.05) is 30.3 Å². The van der Waals surface area contributed by atoms with Gasteiger partial charge in [0.05, 0.1) is 23.2 Å². The fourth-order valence-electron chi connectivity index (χ4n) is 4.24. The molecule has 2 aromatic carbocycles. The summed E-state index contributed by atoms with van der Waals surface area (Å²) in [6.07, 6.45) is 4.63. The van der Waals surface area contributed by atoms with Crippen molar-refractivity contribution >= 4 is 32.7 Å². The fourth-order valence-corrected chi connectivity index (χ4v) is 5.73. The minimum Gasteiger partial charge on any atom is -0.374 e. The molecule has 196 valence electrons. The van der Waals surface area contributed by atoms with Crippen LogP contribution in [0.4, 0.5) is 5.95 Å². The van der Waals surface area contributed by atoms with E-state index in [-0.39, 0.29) is 36.3 Å². The topological polar surface area (TPSA) is 132 Å². The van der Waals surface area contributed by atoms with Gasteiger partial charge in [-0.05, 0) is 35.7 Å². The molecular formula is C25H29N5O6S. The lowest BCUT2D eigenvalue weighted by Gasteiger charge is -2.32. The SMILES string of the molecule is O=C(NOC1CCCCO1)c1cnc(NCC2CN(S(=O)(=O)c3ccc4ccccc4c3)CCO2)nc1. The zero-order valence-corrected chi connectivity index (χ0v) is 21.0. The molecule has 3 aromatic rings. The second-order valence-electron chi connectivity index (χ2n) is 8.89. The summed E-state index contributed by atoms with van der Waals surface area (Å²) in [6.45, 7) is 1.67. The van der Waals surface area contributed by atoms with Crippen molar-refractivity contribution in [2.45, 2.75) is 36.6 Å². The van der Waals surface area contributed by atoms with Gasteiger partial charge in [0.15, 0.2) is 6.29 Å². The summed E-state index contributed by atoms with van der Waals surface area (Å²) in [7, 11) is -3.67. The van der Waals surface area contributed by atoms with Crippen LogP contribution in [0.3, 0.4) is 0 Å². The van der Waals surface area contributed by atoms with Crippen molar-refractivity contribution in [1.29, 1.82) is 0 Å². The number of benzene rings is 2. The quantitative estimate of drug-likeness (QED) is 0.424. The maximum atomic E-state index is 13.3. The first-order valence-corrected chi connectivity index (χ1v) is 13.7. The van der Waals surface area contributed by atoms with Gasteiger partial charge < -0.3 is 14.8 Å². The van der Waals surface area contributed by atoms with E-state index in [4.69, 9.17) is 14.3 Å². The van der Waals surface area contributed by atoms with Crippen molar-refractivity contribution in [1.82, 2.24) is 19.8 Å². The number of sulfonamides is 1. The number of amides is 1. The molecule has 11 nitrogen and oxygen atoms in total. The fraction of sp³-hybridized carbons (Fsp3) is 0.400. The molecular weight excluding hydrogens is 498 g/mol. The van der Waals surface area contributed by atoms with E-state index in [1.165, 1.54) is 16.7 Å². The highest BCUT2D eigenvalue weighted by Crippen LogP contribution is 2.23. The van der Waals surface area contributed by atoms with Crippen LogP contribution < -0.4 is 10.8 Å². The number of nitrogens with one attached hydrogen (secondary N) is 2. The van der Waals surface area contributed by atoms with Crippen LogP contribution in [0.5, 0.6) is 0 Å². The molecule has 0 bridgehead atoms. The van der Waals surface area contributed by atoms with Gasteiger partial charge in [-0.25, -0.2) is 28.7 Å². The predicted octanol–water partition coefficient (Wildman–Crippen LogP) is 2.32. The molecule has 5 rings (SSSR count). The van der Waals surface area contributed by atoms with Gasteiger partial charge >= 0.3 is 0 Å². The Morgan fingerprint density at radius 2 is 1.86 bits per heavy atom. The predicted molar refractivity (Wildman–Crippen MR) is 135 cm³/mol. The summed E-state index contributed by atoms with van der Waals surface area (Å²) in [5.74, 6) is -0.169. The van der Waals surface area contributed by atoms with E-state index in [1.54, 1.807) is 12.1 Å². The number of ether oxygens (including phenoxy) is 2. The first kappa shape index (κ1) is 25.5. The zero-order chi connectivity index (χ0) is 25.7. The van der Waals surface area contributed by atoms with Crippen molar-refractivity contribution in [3.8, 4) is 0 Å². The molecule has 2 atom stereocenters. The van der Waals surface area contributed by atoms with Crippen LogP contribution in [0.2, 0.25) is 0 Å². The summed E-state index contributed by atoms with van der Waals surface area (Å²) in [5, 5.41) is 4.91. The molecule has 0 aliphatic carbocycles. The highest BCUT2D eigenvalue weighted by molar-refractivity contribution is 7.89. The average molecular weight is 528 g/mol. The highest BCUT2D eigenvalue weighted by Gasteiger charge is 2.31. The molecule has 3 heterocycles. The van der Waals surface area contributed by atoms with Gasteiger partial charge in [-0.15, -0.1) is 0 Å². The number of rotatable bonds is 8. The van der Waals surface area contributed by atoms with Crippen LogP contribution in [-0.4, -0.2) is 73.8 Å². The Morgan fingerprint density at radius 1 is 1.05 bits per heavy atom. The Morgan fingerprint density at radius 3 is 2.65 bits per heavy atom. The summed E-state index contributed by atoms with van der Waals surface area (Å²) in [5.41, 5.74) is 2.61. The maximum absolute atomic E-state index is 13.3. The smallest absolute Gasteiger partial charge is 0.278 e. The molecule has 12 heteroatoms. The Labute approximate surface area is 215 Å². The molecule has 2 aliphatic rings. The largest absolute Gasteiger partial charge is 0.374 e. The summed E-state index contributed by atoms with van der Waals surface area (Å²) < 4.78 is 39.2. The molecule has 0 radical (unpaired) electrons. The van der Waals surface area contributed by atoms with Crippen molar-refractivity contribution in [3.05, 3.63) is 60.4 Å². The van der Waals surface area contributed by atoms with E-state index >= 15 is 0 Å². The summed E-state index contributed by atoms with van der Waals surface area (Å²) in [4.78, 5) is 26.1. The normalized spacial score (nSPS) is 21.0. The van der Waals surface area contributed by atoms with E-state index in [9.17, 15) is 13.2 Å². The van der Waals surface area contributed by atoms with Gasteiger partial charge in [-0.1, -0.05) is 30.3 Å². The first-order valence-electron chi connectivity index (χ1n) is 12.2. The number of hydrogen-bond acceptors (Lipinski definition) is 9. The van der Waals surface area contributed by atoms with Crippen molar-refractivity contribution < 1.29 is 27.5 Å². The Bertz CT molecular complexity index is 1330. The van der Waals surface area contributed by atoms with Gasteiger partial charge in [0.2, 0.25) is 16.0 Å². The number of nitrogens with zero attached hydrogens (tertiary/aromatic N) is 3. The number of hydroxylamine groups is 1. The molecule has 1 aromatic heterocycles. The third-order valence-electron chi connectivity index (χ3n) is 6.28. The van der Waals surface area contributed by atoms with Crippen LogP contribution in [0.25, 0.3) is 10.8 Å². The van der Waals surface area contributed by atoms with Crippen molar-refractivity contribution in [2.75, 3.05) is 38.2 Å². The second-order valence-corrected chi connectivity index (χ2v) is 10.8. The van der Waals surface area contributed by atoms with Crippen LogP contribution in [-0.2, 0) is 24.3 Å². The third kappa shape index (κ3) is 6.22. The minimum atomic E-state index is -3.67. The van der Waals surface area contributed by atoms with Crippen LogP contribution in [0.15, 0.2) is 59.8 Å². The number of carbonyl (C=O) groups is 1. The Hall–Kier alpha value is -3.16. The number of anilines is 1. The van der Waals surface area contributed by atoms with E-state index in [2.05, 4.69) is 20.8 Å². The van der Waals surface area contributed by atoms with E-state index in [0.717, 1.165) is 30.0 Å². The Balaban J connectivity index is 1.14. The lowest BCUT2D eigenvalue weighted by molar-refractivity contribution is -0.186. The van der Waals surface area contributed by atoms with Gasteiger partial charge in [-0.2, -0.15) is 4.31 Å². The lowest BCUT2D eigenvalue weighted by atomic mass is 10.1. The number of fused-ring (bicyclic) bond motifs is 1. The molecule has 37 heavy (non-hydrogen) atoms. The maximum Gasteiger partial charge on any atom is 0.278 e. The summed E-state index contributed by atoms with van der Waals surface area (Å²) in [6, 6.07) is 12.8. The van der Waals surface area contributed by atoms with Crippen LogP contribution >= 0.6 is 0 Å². The van der Waals surface area contributed by atoms with Crippen LogP contribution in [0.1, 0.15) is 29.6 Å².